The first-order valence-electron chi connectivity index (χ1n) is 3.01. The van der Waals surface area contributed by atoms with Crippen molar-refractivity contribution < 1.29 is 11.5 Å². The second kappa shape index (κ2) is 2.39. The smallest absolute Gasteiger partial charge is 0.213 e. The van der Waals surface area contributed by atoms with E-state index in [1.165, 1.54) is 0 Å². The van der Waals surface area contributed by atoms with Gasteiger partial charge in [0.1, 0.15) is 10.4 Å². The van der Waals surface area contributed by atoms with E-state index in [0.29, 0.717) is 0 Å². The fourth-order valence-corrected chi connectivity index (χ4v) is 0.684. The molecule has 0 N–H and O–H groups in total. The number of rotatable bonds is 0. The van der Waals surface area contributed by atoms with Gasteiger partial charge in [0, 0.05) is 12.1 Å². The molecule has 1 rings (SSSR count). The van der Waals surface area contributed by atoms with E-state index >= 15 is 0 Å². The molecule has 0 saturated carbocycles. The van der Waals surface area contributed by atoms with Crippen LogP contribution in [0.25, 0.3) is 0 Å². The van der Waals surface area contributed by atoms with Gasteiger partial charge in [0.05, 0.1) is 2.74 Å². The van der Waals surface area contributed by atoms with Gasteiger partial charge in [-0.25, -0.2) is 9.37 Å². The highest BCUT2D eigenvalue weighted by molar-refractivity contribution is 9.10. The normalized spacial score (nSPS) is 12.8. The maximum Gasteiger partial charge on any atom is 0.216 e. The van der Waals surface area contributed by atoms with Gasteiger partial charge in [0.25, 0.3) is 0 Å². The Morgan fingerprint density at radius 2 is 2.22 bits per heavy atom. The Morgan fingerprint density at radius 3 is 2.89 bits per heavy atom. The van der Waals surface area contributed by atoms with Crippen LogP contribution in [0.4, 0.5) is 8.78 Å². The highest BCUT2D eigenvalue weighted by atomic mass is 79.9. The maximum atomic E-state index is 12.6. The lowest BCUT2D eigenvalue weighted by atomic mass is 10.5. The number of pyridine rings is 1. The van der Waals surface area contributed by atoms with Crippen LogP contribution in [-0.2, 0) is 0 Å². The first kappa shape index (κ1) is 4.33. The summed E-state index contributed by atoms with van der Waals surface area (Å²) in [5, 5.41) is 0. The van der Waals surface area contributed by atoms with Crippen molar-refractivity contribution in [2.24, 2.45) is 0 Å². The fourth-order valence-electron chi connectivity index (χ4n) is 0.354. The van der Waals surface area contributed by atoms with Crippen molar-refractivity contribution in [2.45, 2.75) is 0 Å². The van der Waals surface area contributed by atoms with Crippen LogP contribution < -0.4 is 0 Å². The van der Waals surface area contributed by atoms with E-state index in [9.17, 15) is 8.78 Å². The first-order chi connectivity index (χ1) is 5.04. The predicted molar refractivity (Wildman–Crippen MR) is 31.9 cm³/mol. The minimum absolute atomic E-state index is 0.233. The third-order valence-electron chi connectivity index (χ3n) is 0.622. The Hall–Kier alpha value is -0.510. The largest absolute Gasteiger partial charge is 0.216 e. The third kappa shape index (κ3) is 1.71. The van der Waals surface area contributed by atoms with Crippen LogP contribution in [0.2, 0.25) is 0 Å². The molecule has 0 amide bonds. The zero-order chi connectivity index (χ0) is 8.59. The van der Waals surface area contributed by atoms with Crippen molar-refractivity contribution in [3.05, 3.63) is 28.5 Å². The van der Waals surface area contributed by atoms with Crippen molar-refractivity contribution in [1.29, 1.82) is 0 Å². The highest BCUT2D eigenvalue weighted by Gasteiger charge is 1.96. The van der Waals surface area contributed by atoms with E-state index < -0.39 is 23.8 Å². The molecule has 0 radical (unpaired) electrons. The van der Waals surface area contributed by atoms with Crippen molar-refractivity contribution >= 4 is 15.9 Å². The SMILES string of the molecule is [2H]c1c(F)nc(Br)c([2H])c1F. The molecule has 0 aliphatic carbocycles. The molecule has 48 valence electrons. The minimum Gasteiger partial charge on any atom is -0.213 e. The van der Waals surface area contributed by atoms with Crippen molar-refractivity contribution in [3.63, 3.8) is 0 Å². The topological polar surface area (TPSA) is 12.9 Å². The standard InChI is InChI=1S/C5H2BrF2N/c6-4-1-3(7)2-5(8)9-4/h1-2H/i1D,2D. The molecule has 1 aromatic rings. The predicted octanol–water partition coefficient (Wildman–Crippen LogP) is 2.12. The summed E-state index contributed by atoms with van der Waals surface area (Å²) in [4.78, 5) is 3.07. The van der Waals surface area contributed by atoms with Crippen LogP contribution in [0, 0.1) is 11.8 Å². The molecule has 0 unspecified atom stereocenters. The number of aromatic nitrogens is 1. The van der Waals surface area contributed by atoms with E-state index in [2.05, 4.69) is 20.9 Å². The average molecular weight is 196 g/mol. The molecular weight excluding hydrogens is 192 g/mol. The second-order valence-corrected chi connectivity index (χ2v) is 2.01. The molecule has 0 saturated heterocycles. The summed E-state index contributed by atoms with van der Waals surface area (Å²) in [6.07, 6.45) is 0. The lowest BCUT2D eigenvalue weighted by Gasteiger charge is -1.88. The molecule has 1 nitrogen and oxygen atoms in total. The third-order valence-corrected chi connectivity index (χ3v) is 0.998. The van der Waals surface area contributed by atoms with E-state index in [4.69, 9.17) is 2.74 Å². The molecule has 0 fully saturated rings. The zero-order valence-corrected chi connectivity index (χ0v) is 5.67. The van der Waals surface area contributed by atoms with Crippen molar-refractivity contribution in [3.8, 4) is 0 Å². The average Bonchev–Trinajstić information content (AvgIpc) is 1.97. The molecule has 0 aliphatic heterocycles. The number of hydrogen-bond donors (Lipinski definition) is 0. The molecule has 0 bridgehead atoms. The molecule has 0 atom stereocenters. The summed E-state index contributed by atoms with van der Waals surface area (Å²) in [5.74, 6) is -2.42. The monoisotopic (exact) mass is 195 g/mol. The molecule has 0 spiro atoms. The van der Waals surface area contributed by atoms with Crippen molar-refractivity contribution in [2.75, 3.05) is 0 Å². The minimum atomic E-state index is -1.22. The van der Waals surface area contributed by atoms with Gasteiger partial charge >= 0.3 is 0 Å². The molecular formula is C5H2BrF2N. The molecule has 1 aromatic heterocycles. The van der Waals surface area contributed by atoms with E-state index in [0.717, 1.165) is 0 Å². The van der Waals surface area contributed by atoms with E-state index in [1.54, 1.807) is 0 Å². The van der Waals surface area contributed by atoms with Crippen LogP contribution in [0.1, 0.15) is 2.74 Å². The van der Waals surface area contributed by atoms with Crippen LogP contribution in [0.3, 0.4) is 0 Å². The van der Waals surface area contributed by atoms with Gasteiger partial charge in [0.2, 0.25) is 5.95 Å². The summed E-state index contributed by atoms with van der Waals surface area (Å²) < 4.78 is 38.3. The Morgan fingerprint density at radius 1 is 1.56 bits per heavy atom. The Bertz CT molecular complexity index is 279. The summed E-state index contributed by atoms with van der Waals surface area (Å²) in [6.45, 7) is 0. The second-order valence-electron chi connectivity index (χ2n) is 1.26. The Balaban J connectivity index is 3.46. The summed E-state index contributed by atoms with van der Waals surface area (Å²) >= 11 is 2.67. The highest BCUT2D eigenvalue weighted by Crippen LogP contribution is 2.08. The van der Waals surface area contributed by atoms with Crippen LogP contribution in [0.5, 0.6) is 0 Å². The quantitative estimate of drug-likeness (QED) is 0.579. The van der Waals surface area contributed by atoms with Crippen LogP contribution in [-0.4, -0.2) is 4.98 Å². The van der Waals surface area contributed by atoms with Gasteiger partial charge < -0.3 is 0 Å². The number of nitrogens with zero attached hydrogens (tertiary/aromatic N) is 1. The Kier molecular flexibility index (Phi) is 1.15. The van der Waals surface area contributed by atoms with Gasteiger partial charge in [0.15, 0.2) is 0 Å². The van der Waals surface area contributed by atoms with Crippen LogP contribution in [0.15, 0.2) is 16.7 Å². The van der Waals surface area contributed by atoms with Gasteiger partial charge in [-0.15, -0.1) is 0 Å². The van der Waals surface area contributed by atoms with Gasteiger partial charge in [-0.1, -0.05) is 0 Å². The molecule has 0 aromatic carbocycles. The maximum absolute atomic E-state index is 12.6. The summed E-state index contributed by atoms with van der Waals surface area (Å²) in [5.41, 5.74) is 0. The summed E-state index contributed by atoms with van der Waals surface area (Å²) in [7, 11) is 0. The fraction of sp³-hybridized carbons (Fsp3) is 0. The lowest BCUT2D eigenvalue weighted by molar-refractivity contribution is 0.548. The first-order valence-corrected chi connectivity index (χ1v) is 2.81. The van der Waals surface area contributed by atoms with Crippen molar-refractivity contribution in [1.82, 2.24) is 4.98 Å². The lowest BCUT2D eigenvalue weighted by Crippen LogP contribution is -1.84. The molecule has 9 heavy (non-hydrogen) atoms. The molecule has 4 heteroatoms. The zero-order valence-electron chi connectivity index (χ0n) is 6.08. The molecule has 1 heterocycles. The van der Waals surface area contributed by atoms with E-state index in [-0.39, 0.29) is 4.60 Å². The molecule has 0 aliphatic rings. The summed E-state index contributed by atoms with van der Waals surface area (Å²) in [6, 6.07) is -1.57. The van der Waals surface area contributed by atoms with Gasteiger partial charge in [-0.05, 0) is 15.9 Å². The number of hydrogen-bond acceptors (Lipinski definition) is 1. The Labute approximate surface area is 61.7 Å². The van der Waals surface area contributed by atoms with Crippen LogP contribution >= 0.6 is 15.9 Å². The van der Waals surface area contributed by atoms with Gasteiger partial charge in [-0.2, -0.15) is 4.39 Å². The number of halogens is 3. The van der Waals surface area contributed by atoms with Gasteiger partial charge in [-0.3, -0.25) is 0 Å². The van der Waals surface area contributed by atoms with E-state index in [1.807, 2.05) is 0 Å².